The molecule has 0 fully saturated rings. The van der Waals surface area contributed by atoms with Crippen LogP contribution < -0.4 is 0 Å². The minimum absolute atomic E-state index is 0.0154. The number of aromatic amines is 1. The number of rotatable bonds is 5. The lowest BCUT2D eigenvalue weighted by Crippen LogP contribution is -2.10. The molecular formula is C13H22N2OS. The zero-order valence-corrected chi connectivity index (χ0v) is 12.1. The van der Waals surface area contributed by atoms with Crippen LogP contribution in [0.2, 0.25) is 0 Å². The van der Waals surface area contributed by atoms with Crippen molar-refractivity contribution in [3.63, 3.8) is 0 Å². The Morgan fingerprint density at radius 1 is 1.41 bits per heavy atom. The van der Waals surface area contributed by atoms with Crippen LogP contribution in [0.4, 0.5) is 0 Å². The number of nitrogens with zero attached hydrogens (tertiary/aromatic N) is 1. The summed E-state index contributed by atoms with van der Waals surface area (Å²) < 4.78 is 6.15. The number of ether oxygens (including phenoxy) is 1. The van der Waals surface area contributed by atoms with E-state index in [0.29, 0.717) is 10.6 Å². The van der Waals surface area contributed by atoms with Crippen molar-refractivity contribution in [3.8, 4) is 0 Å². The lowest BCUT2D eigenvalue weighted by Gasteiger charge is -2.17. The number of nitrogens with one attached hydrogen (secondary N) is 1. The van der Waals surface area contributed by atoms with Crippen molar-refractivity contribution in [2.75, 3.05) is 7.11 Å². The van der Waals surface area contributed by atoms with Gasteiger partial charge in [-0.2, -0.15) is 0 Å². The van der Waals surface area contributed by atoms with Crippen LogP contribution in [0.15, 0.2) is 0 Å². The molecule has 0 saturated heterocycles. The summed E-state index contributed by atoms with van der Waals surface area (Å²) in [7, 11) is 1.71. The molecule has 96 valence electrons. The van der Waals surface area contributed by atoms with Crippen LogP contribution in [-0.2, 0) is 4.74 Å². The molecule has 1 heterocycles. The van der Waals surface area contributed by atoms with Gasteiger partial charge in [0.2, 0.25) is 0 Å². The smallest absolute Gasteiger partial charge is 0.137 e. The molecule has 0 aliphatic heterocycles. The molecule has 0 spiro atoms. The molecule has 3 nitrogen and oxygen atoms in total. The van der Waals surface area contributed by atoms with Crippen LogP contribution in [0.5, 0.6) is 0 Å². The molecule has 1 atom stereocenters. The van der Waals surface area contributed by atoms with Crippen LogP contribution in [0.3, 0.4) is 0 Å². The van der Waals surface area contributed by atoms with Gasteiger partial charge in [0, 0.05) is 18.4 Å². The molecule has 0 bridgehead atoms. The summed E-state index contributed by atoms with van der Waals surface area (Å²) in [5, 5.41) is 0. The van der Waals surface area contributed by atoms with E-state index in [0.717, 1.165) is 29.9 Å². The third-order valence-electron chi connectivity index (χ3n) is 2.89. The average molecular weight is 254 g/mol. The summed E-state index contributed by atoms with van der Waals surface area (Å²) in [6.45, 7) is 8.45. The molecular weight excluding hydrogens is 232 g/mol. The monoisotopic (exact) mass is 254 g/mol. The summed E-state index contributed by atoms with van der Waals surface area (Å²) in [6, 6.07) is 0. The van der Waals surface area contributed by atoms with Crippen LogP contribution in [0.25, 0.3) is 0 Å². The molecule has 0 saturated carbocycles. The van der Waals surface area contributed by atoms with Crippen LogP contribution in [-0.4, -0.2) is 17.1 Å². The van der Waals surface area contributed by atoms with Gasteiger partial charge in [0.25, 0.3) is 0 Å². The molecule has 0 amide bonds. The lowest BCUT2D eigenvalue weighted by atomic mass is 10.0. The molecule has 0 radical (unpaired) electrons. The summed E-state index contributed by atoms with van der Waals surface area (Å²) in [4.78, 5) is 7.81. The minimum Gasteiger partial charge on any atom is -0.374 e. The SMILES string of the molecule is CCCC(OC)c1nc(=S)c(C(C)C)c(C)[nH]1. The Hall–Kier alpha value is -0.740. The van der Waals surface area contributed by atoms with Gasteiger partial charge >= 0.3 is 0 Å². The van der Waals surface area contributed by atoms with Gasteiger partial charge < -0.3 is 9.72 Å². The first kappa shape index (κ1) is 14.3. The van der Waals surface area contributed by atoms with E-state index in [1.165, 1.54) is 0 Å². The molecule has 0 aliphatic rings. The number of aromatic nitrogens is 2. The molecule has 1 rings (SSSR count). The maximum atomic E-state index is 5.45. The van der Waals surface area contributed by atoms with Crippen LogP contribution in [0.1, 0.15) is 62.7 Å². The Labute approximate surface area is 109 Å². The second-order valence-electron chi connectivity index (χ2n) is 4.63. The molecule has 1 aromatic rings. The van der Waals surface area contributed by atoms with Crippen molar-refractivity contribution >= 4 is 12.2 Å². The number of aryl methyl sites for hydroxylation is 1. The van der Waals surface area contributed by atoms with Gasteiger partial charge in [-0.1, -0.05) is 39.4 Å². The van der Waals surface area contributed by atoms with E-state index in [-0.39, 0.29) is 6.10 Å². The maximum absolute atomic E-state index is 5.45. The van der Waals surface area contributed by atoms with Gasteiger partial charge in [-0.15, -0.1) is 0 Å². The first-order valence-electron chi connectivity index (χ1n) is 6.14. The Kier molecular flexibility index (Phi) is 5.28. The van der Waals surface area contributed by atoms with Crippen molar-refractivity contribution in [2.45, 2.75) is 52.6 Å². The highest BCUT2D eigenvalue weighted by atomic mass is 32.1. The molecule has 0 aromatic carbocycles. The Morgan fingerprint density at radius 2 is 2.06 bits per heavy atom. The Balaban J connectivity index is 3.17. The first-order valence-corrected chi connectivity index (χ1v) is 6.55. The second-order valence-corrected chi connectivity index (χ2v) is 5.02. The topological polar surface area (TPSA) is 37.9 Å². The normalized spacial score (nSPS) is 13.1. The Morgan fingerprint density at radius 3 is 2.47 bits per heavy atom. The van der Waals surface area contributed by atoms with E-state index in [2.05, 4.69) is 37.7 Å². The van der Waals surface area contributed by atoms with Gasteiger partial charge in [0.05, 0.1) is 0 Å². The largest absolute Gasteiger partial charge is 0.374 e. The third kappa shape index (κ3) is 3.36. The van der Waals surface area contributed by atoms with E-state index in [1.807, 2.05) is 0 Å². The van der Waals surface area contributed by atoms with E-state index in [1.54, 1.807) is 7.11 Å². The number of hydrogen-bond acceptors (Lipinski definition) is 3. The highest BCUT2D eigenvalue weighted by Crippen LogP contribution is 2.23. The van der Waals surface area contributed by atoms with Crippen molar-refractivity contribution < 1.29 is 4.74 Å². The molecule has 1 N–H and O–H groups in total. The number of H-pyrrole nitrogens is 1. The Bertz CT molecular complexity index is 426. The average Bonchev–Trinajstić information content (AvgIpc) is 2.24. The van der Waals surface area contributed by atoms with E-state index >= 15 is 0 Å². The van der Waals surface area contributed by atoms with Crippen molar-refractivity contribution in [1.29, 1.82) is 0 Å². The van der Waals surface area contributed by atoms with Gasteiger partial charge in [-0.05, 0) is 19.3 Å². The van der Waals surface area contributed by atoms with Crippen LogP contribution >= 0.6 is 12.2 Å². The zero-order valence-electron chi connectivity index (χ0n) is 11.3. The highest BCUT2D eigenvalue weighted by molar-refractivity contribution is 7.71. The highest BCUT2D eigenvalue weighted by Gasteiger charge is 2.15. The van der Waals surface area contributed by atoms with Gasteiger partial charge in [0.15, 0.2) is 0 Å². The van der Waals surface area contributed by atoms with E-state index in [9.17, 15) is 0 Å². The molecule has 1 aromatic heterocycles. The van der Waals surface area contributed by atoms with Crippen molar-refractivity contribution in [3.05, 3.63) is 21.7 Å². The van der Waals surface area contributed by atoms with E-state index in [4.69, 9.17) is 17.0 Å². The van der Waals surface area contributed by atoms with Crippen molar-refractivity contribution in [2.24, 2.45) is 0 Å². The van der Waals surface area contributed by atoms with E-state index < -0.39 is 0 Å². The second kappa shape index (κ2) is 6.26. The third-order valence-corrected chi connectivity index (χ3v) is 3.20. The molecule has 17 heavy (non-hydrogen) atoms. The van der Waals surface area contributed by atoms with Crippen LogP contribution in [0, 0.1) is 11.6 Å². The van der Waals surface area contributed by atoms with Gasteiger partial charge in [-0.3, -0.25) is 0 Å². The number of hydrogen-bond donors (Lipinski definition) is 1. The fourth-order valence-electron chi connectivity index (χ4n) is 2.08. The summed E-state index contributed by atoms with van der Waals surface area (Å²) >= 11 is 5.37. The molecule has 4 heteroatoms. The molecule has 0 aliphatic carbocycles. The zero-order chi connectivity index (χ0) is 13.0. The summed E-state index contributed by atoms with van der Waals surface area (Å²) in [5.74, 6) is 1.24. The summed E-state index contributed by atoms with van der Waals surface area (Å²) in [5.41, 5.74) is 2.24. The van der Waals surface area contributed by atoms with Gasteiger partial charge in [0.1, 0.15) is 16.6 Å². The molecule has 1 unspecified atom stereocenters. The summed E-state index contributed by atoms with van der Waals surface area (Å²) in [6.07, 6.45) is 2.03. The predicted molar refractivity (Wildman–Crippen MR) is 72.9 cm³/mol. The predicted octanol–water partition coefficient (Wildman–Crippen LogP) is 4.06. The fourth-order valence-corrected chi connectivity index (χ4v) is 2.57. The maximum Gasteiger partial charge on any atom is 0.137 e. The quantitative estimate of drug-likeness (QED) is 0.805. The minimum atomic E-state index is 0.0154. The fraction of sp³-hybridized carbons (Fsp3) is 0.692. The standard InChI is InChI=1S/C13H22N2OS/c1-6-7-10(16-5)12-14-9(4)11(8(2)3)13(17)15-12/h8,10H,6-7H2,1-5H3,(H,14,15,17). The van der Waals surface area contributed by atoms with Crippen molar-refractivity contribution in [1.82, 2.24) is 9.97 Å². The number of methoxy groups -OCH3 is 1. The van der Waals surface area contributed by atoms with Gasteiger partial charge in [-0.25, -0.2) is 4.98 Å². The first-order chi connectivity index (χ1) is 8.01. The lowest BCUT2D eigenvalue weighted by molar-refractivity contribution is 0.0873.